The second-order valence-corrected chi connectivity index (χ2v) is 2.86. The maximum atomic E-state index is 10.8. The Morgan fingerprint density at radius 2 is 1.50 bits per heavy atom. The van der Waals surface area contributed by atoms with E-state index in [2.05, 4.69) is 23.7 Å². The summed E-state index contributed by atoms with van der Waals surface area (Å²) in [5, 5.41) is 8.84. The van der Waals surface area contributed by atoms with Crippen LogP contribution in [0.5, 0.6) is 0 Å². The molecule has 0 unspecified atom stereocenters. The zero-order valence-corrected chi connectivity index (χ0v) is 8.76. The lowest BCUT2D eigenvalue weighted by Crippen LogP contribution is -2.12. The van der Waals surface area contributed by atoms with Gasteiger partial charge in [0.25, 0.3) is 0 Å². The molecule has 0 rings (SSSR count). The largest absolute Gasteiger partial charge is 0.481 e. The summed E-state index contributed by atoms with van der Waals surface area (Å²) in [4.78, 5) is 10.8. The number of rotatable bonds is 3. The molecule has 0 aliphatic rings. The highest BCUT2D eigenvalue weighted by Gasteiger charge is 2.14. The van der Waals surface area contributed by atoms with E-state index in [4.69, 9.17) is 5.11 Å². The minimum Gasteiger partial charge on any atom is -0.481 e. The second kappa shape index (κ2) is 8.20. The van der Waals surface area contributed by atoms with Gasteiger partial charge in [-0.2, -0.15) is 0 Å². The van der Waals surface area contributed by atoms with Crippen molar-refractivity contribution in [2.75, 3.05) is 0 Å². The topological polar surface area (TPSA) is 37.3 Å². The molecule has 0 heterocycles. The first-order valence-electron chi connectivity index (χ1n) is 4.86. The Balaban J connectivity index is 4.09. The van der Waals surface area contributed by atoms with Gasteiger partial charge in [-0.1, -0.05) is 13.8 Å². The fourth-order valence-electron chi connectivity index (χ4n) is 0.888. The van der Waals surface area contributed by atoms with Gasteiger partial charge in [0.1, 0.15) is 0 Å². The summed E-state index contributed by atoms with van der Waals surface area (Å²) >= 11 is 0. The van der Waals surface area contributed by atoms with Crippen LogP contribution in [0.25, 0.3) is 0 Å². The smallest absolute Gasteiger partial charge is 0.308 e. The van der Waals surface area contributed by atoms with Gasteiger partial charge in [-0.25, -0.2) is 0 Å². The molecule has 0 aliphatic heterocycles. The predicted molar refractivity (Wildman–Crippen MR) is 56.5 cm³/mol. The molecule has 0 saturated heterocycles. The van der Waals surface area contributed by atoms with Crippen molar-refractivity contribution in [3.8, 4) is 23.7 Å². The zero-order valence-electron chi connectivity index (χ0n) is 8.76. The van der Waals surface area contributed by atoms with Crippen LogP contribution in [0.3, 0.4) is 0 Å². The number of hydrogen-bond acceptors (Lipinski definition) is 1. The highest BCUT2D eigenvalue weighted by molar-refractivity contribution is 5.70. The average Bonchev–Trinajstić information content (AvgIpc) is 2.15. The zero-order chi connectivity index (χ0) is 10.8. The summed E-state index contributed by atoms with van der Waals surface area (Å²) in [7, 11) is 0. The van der Waals surface area contributed by atoms with Crippen molar-refractivity contribution in [3.63, 3.8) is 0 Å². The highest BCUT2D eigenvalue weighted by atomic mass is 16.4. The molecule has 2 nitrogen and oxygen atoms in total. The molecule has 0 spiro atoms. The van der Waals surface area contributed by atoms with E-state index in [9.17, 15) is 4.79 Å². The lowest BCUT2D eigenvalue weighted by molar-refractivity contribution is -0.141. The molecule has 0 aliphatic carbocycles. The monoisotopic (exact) mass is 192 g/mol. The van der Waals surface area contributed by atoms with Gasteiger partial charge in [-0.05, 0) is 0 Å². The van der Waals surface area contributed by atoms with Crippen LogP contribution in [0.4, 0.5) is 0 Å². The van der Waals surface area contributed by atoms with Crippen LogP contribution in [0.1, 0.15) is 39.5 Å². The van der Waals surface area contributed by atoms with Crippen molar-refractivity contribution in [1.82, 2.24) is 0 Å². The molecular weight excluding hydrogens is 176 g/mol. The summed E-state index contributed by atoms with van der Waals surface area (Å²) in [5.74, 6) is 10.2. The maximum absolute atomic E-state index is 10.8. The number of carbonyl (C=O) groups is 1. The molecule has 76 valence electrons. The molecule has 0 amide bonds. The van der Waals surface area contributed by atoms with Crippen LogP contribution in [-0.4, -0.2) is 11.1 Å². The minimum absolute atomic E-state index is 0.404. The maximum Gasteiger partial charge on any atom is 0.308 e. The van der Waals surface area contributed by atoms with Crippen molar-refractivity contribution in [2.45, 2.75) is 39.5 Å². The van der Waals surface area contributed by atoms with E-state index in [1.165, 1.54) is 0 Å². The summed E-state index contributed by atoms with van der Waals surface area (Å²) in [6.07, 6.45) is 2.35. The second-order valence-electron chi connectivity index (χ2n) is 2.86. The molecule has 0 atom stereocenters. The van der Waals surface area contributed by atoms with Gasteiger partial charge >= 0.3 is 5.97 Å². The van der Waals surface area contributed by atoms with Gasteiger partial charge in [-0.3, -0.25) is 4.79 Å². The summed E-state index contributed by atoms with van der Waals surface area (Å²) in [6, 6.07) is 0. The molecule has 0 aromatic rings. The molecule has 0 radical (unpaired) electrons. The van der Waals surface area contributed by atoms with E-state index in [0.29, 0.717) is 12.8 Å². The number of aliphatic carboxylic acids is 1. The SMILES string of the molecule is CCC#CCC(CC#CCC)C(=O)O. The minimum atomic E-state index is -0.805. The van der Waals surface area contributed by atoms with Crippen LogP contribution >= 0.6 is 0 Å². The Morgan fingerprint density at radius 3 is 1.79 bits per heavy atom. The van der Waals surface area contributed by atoms with E-state index in [1.807, 2.05) is 13.8 Å². The molecule has 1 N–H and O–H groups in total. The summed E-state index contributed by atoms with van der Waals surface area (Å²) in [6.45, 7) is 3.89. The van der Waals surface area contributed by atoms with E-state index in [0.717, 1.165) is 12.8 Å². The average molecular weight is 192 g/mol. The van der Waals surface area contributed by atoms with Gasteiger partial charge in [0.05, 0.1) is 5.92 Å². The Labute approximate surface area is 85.7 Å². The Hall–Kier alpha value is -1.41. The van der Waals surface area contributed by atoms with Crippen LogP contribution in [0.2, 0.25) is 0 Å². The Kier molecular flexibility index (Phi) is 7.37. The Morgan fingerprint density at radius 1 is 1.07 bits per heavy atom. The predicted octanol–water partition coefficient (Wildman–Crippen LogP) is 2.29. The molecule has 0 saturated carbocycles. The molecule has 14 heavy (non-hydrogen) atoms. The quantitative estimate of drug-likeness (QED) is 0.696. The lowest BCUT2D eigenvalue weighted by Gasteiger charge is -2.02. The summed E-state index contributed by atoms with van der Waals surface area (Å²) < 4.78 is 0. The molecule has 2 heteroatoms. The van der Waals surface area contributed by atoms with Gasteiger partial charge in [0, 0.05) is 25.7 Å². The highest BCUT2D eigenvalue weighted by Crippen LogP contribution is 2.07. The van der Waals surface area contributed by atoms with Crippen molar-refractivity contribution >= 4 is 5.97 Å². The molecule has 0 aromatic heterocycles. The fourth-order valence-corrected chi connectivity index (χ4v) is 0.888. The van der Waals surface area contributed by atoms with E-state index in [-0.39, 0.29) is 0 Å². The lowest BCUT2D eigenvalue weighted by atomic mass is 10.0. The first-order valence-corrected chi connectivity index (χ1v) is 4.86. The van der Waals surface area contributed by atoms with E-state index >= 15 is 0 Å². The first kappa shape index (κ1) is 12.6. The van der Waals surface area contributed by atoms with Gasteiger partial charge < -0.3 is 5.11 Å². The fraction of sp³-hybridized carbons (Fsp3) is 0.583. The summed E-state index contributed by atoms with van der Waals surface area (Å²) in [5.41, 5.74) is 0. The third-order valence-electron chi connectivity index (χ3n) is 1.65. The van der Waals surface area contributed by atoms with Crippen LogP contribution in [0, 0.1) is 29.6 Å². The Bertz CT molecular complexity index is 259. The first-order chi connectivity index (χ1) is 6.72. The molecule has 0 fully saturated rings. The van der Waals surface area contributed by atoms with Crippen molar-refractivity contribution < 1.29 is 9.90 Å². The number of carboxylic acid groups (broad SMARTS) is 1. The number of hydrogen-bond donors (Lipinski definition) is 1. The van der Waals surface area contributed by atoms with Gasteiger partial charge in [0.2, 0.25) is 0 Å². The van der Waals surface area contributed by atoms with Gasteiger partial charge in [-0.15, -0.1) is 23.7 Å². The van der Waals surface area contributed by atoms with Crippen molar-refractivity contribution in [2.24, 2.45) is 5.92 Å². The van der Waals surface area contributed by atoms with E-state index in [1.54, 1.807) is 0 Å². The third-order valence-corrected chi connectivity index (χ3v) is 1.65. The van der Waals surface area contributed by atoms with Crippen LogP contribution in [0.15, 0.2) is 0 Å². The molecule has 0 aromatic carbocycles. The molecule has 0 bridgehead atoms. The third kappa shape index (κ3) is 6.14. The molecular formula is C12H16O2. The van der Waals surface area contributed by atoms with E-state index < -0.39 is 11.9 Å². The van der Waals surface area contributed by atoms with Crippen LogP contribution < -0.4 is 0 Å². The van der Waals surface area contributed by atoms with Crippen LogP contribution in [-0.2, 0) is 4.79 Å². The standard InChI is InChI=1S/C12H16O2/c1-3-5-7-9-11(12(13)14)10-8-6-4-2/h11H,3-4,9-10H2,1-2H3,(H,13,14). The normalized spacial score (nSPS) is 8.50. The van der Waals surface area contributed by atoms with Crippen molar-refractivity contribution in [3.05, 3.63) is 0 Å². The van der Waals surface area contributed by atoms with Gasteiger partial charge in [0.15, 0.2) is 0 Å². The number of carboxylic acids is 1. The van der Waals surface area contributed by atoms with Crippen molar-refractivity contribution in [1.29, 1.82) is 0 Å².